The fourth-order valence-corrected chi connectivity index (χ4v) is 4.26. The van der Waals surface area contributed by atoms with Crippen molar-refractivity contribution in [1.82, 2.24) is 0 Å². The van der Waals surface area contributed by atoms with Gasteiger partial charge in [-0.1, -0.05) is 54.6 Å². The predicted octanol–water partition coefficient (Wildman–Crippen LogP) is 4.62. The van der Waals surface area contributed by atoms with E-state index in [0.717, 1.165) is 12.8 Å². The van der Waals surface area contributed by atoms with Gasteiger partial charge in [0.2, 0.25) is 0 Å². The molecule has 0 aliphatic heterocycles. The zero-order valence-corrected chi connectivity index (χ0v) is 12.2. The Morgan fingerprint density at radius 2 is 1.67 bits per heavy atom. The molecule has 2 aromatic rings. The summed E-state index contributed by atoms with van der Waals surface area (Å²) in [5, 5.41) is 0. The van der Waals surface area contributed by atoms with Crippen LogP contribution in [0.3, 0.4) is 0 Å². The van der Waals surface area contributed by atoms with Crippen LogP contribution in [-0.4, -0.2) is 5.78 Å². The van der Waals surface area contributed by atoms with Crippen molar-refractivity contribution < 1.29 is 4.79 Å². The van der Waals surface area contributed by atoms with Gasteiger partial charge in [0.25, 0.3) is 0 Å². The van der Waals surface area contributed by atoms with Gasteiger partial charge < -0.3 is 0 Å². The van der Waals surface area contributed by atoms with Crippen molar-refractivity contribution in [2.24, 2.45) is 0 Å². The fraction of sp³-hybridized carbons (Fsp3) is 0.250. The minimum Gasteiger partial charge on any atom is -0.298 e. The van der Waals surface area contributed by atoms with E-state index in [1.165, 1.54) is 27.8 Å². The summed E-state index contributed by atoms with van der Waals surface area (Å²) >= 11 is 0. The Hall–Kier alpha value is -2.15. The van der Waals surface area contributed by atoms with Crippen LogP contribution in [0.5, 0.6) is 0 Å². The van der Waals surface area contributed by atoms with E-state index in [-0.39, 0.29) is 5.41 Å². The van der Waals surface area contributed by atoms with Crippen LogP contribution < -0.4 is 0 Å². The maximum absolute atomic E-state index is 12.9. The van der Waals surface area contributed by atoms with Gasteiger partial charge >= 0.3 is 0 Å². The minimum atomic E-state index is -0.387. The first-order valence-corrected chi connectivity index (χ1v) is 7.65. The molecule has 2 aromatic carbocycles. The highest BCUT2D eigenvalue weighted by molar-refractivity contribution is 6.15. The smallest absolute Gasteiger partial charge is 0.147 e. The summed E-state index contributed by atoms with van der Waals surface area (Å²) in [5.41, 5.74) is 5.80. The van der Waals surface area contributed by atoms with Gasteiger partial charge in [-0.2, -0.15) is 0 Å². The third kappa shape index (κ3) is 1.55. The Balaban J connectivity index is 2.05. The molecule has 0 unspecified atom stereocenters. The first-order chi connectivity index (χ1) is 10.2. The SMILES string of the molecule is CC1=C(c2ccccc2)[C@@]2(CCCC2=O)c2ccccc21. The first-order valence-electron chi connectivity index (χ1n) is 7.65. The van der Waals surface area contributed by atoms with Gasteiger partial charge in [-0.05, 0) is 47.6 Å². The van der Waals surface area contributed by atoms with Gasteiger partial charge in [0.1, 0.15) is 5.78 Å². The Morgan fingerprint density at radius 1 is 0.952 bits per heavy atom. The molecule has 1 spiro atoms. The minimum absolute atomic E-state index is 0.387. The third-order valence-electron chi connectivity index (χ3n) is 5.09. The largest absolute Gasteiger partial charge is 0.298 e. The fourth-order valence-electron chi connectivity index (χ4n) is 4.26. The van der Waals surface area contributed by atoms with Crippen molar-refractivity contribution >= 4 is 16.9 Å². The third-order valence-corrected chi connectivity index (χ3v) is 5.09. The average molecular weight is 274 g/mol. The molecule has 0 bridgehead atoms. The molecule has 4 rings (SSSR count). The maximum Gasteiger partial charge on any atom is 0.147 e. The molecule has 1 saturated carbocycles. The zero-order valence-electron chi connectivity index (χ0n) is 12.2. The summed E-state index contributed by atoms with van der Waals surface area (Å²) in [6.07, 6.45) is 2.65. The highest BCUT2D eigenvalue weighted by Gasteiger charge is 2.51. The van der Waals surface area contributed by atoms with Crippen LogP contribution in [0.25, 0.3) is 11.1 Å². The molecule has 0 heterocycles. The molecule has 1 atom stereocenters. The number of benzene rings is 2. The molecule has 1 nitrogen and oxygen atoms in total. The van der Waals surface area contributed by atoms with Crippen LogP contribution in [0.2, 0.25) is 0 Å². The number of rotatable bonds is 1. The van der Waals surface area contributed by atoms with Crippen LogP contribution in [0, 0.1) is 0 Å². The molecule has 0 aromatic heterocycles. The van der Waals surface area contributed by atoms with E-state index in [2.05, 4.69) is 55.5 Å². The van der Waals surface area contributed by atoms with E-state index in [1.54, 1.807) is 0 Å². The molecule has 0 saturated heterocycles. The molecule has 1 fully saturated rings. The lowest BCUT2D eigenvalue weighted by Crippen LogP contribution is -2.30. The molecule has 2 aliphatic rings. The molecule has 0 amide bonds. The normalized spacial score (nSPS) is 24.0. The van der Waals surface area contributed by atoms with Crippen LogP contribution in [0.15, 0.2) is 54.6 Å². The zero-order chi connectivity index (χ0) is 14.4. The first kappa shape index (κ1) is 12.6. The van der Waals surface area contributed by atoms with Gasteiger partial charge in [0.15, 0.2) is 0 Å². The number of hydrogen-bond acceptors (Lipinski definition) is 1. The summed E-state index contributed by atoms with van der Waals surface area (Å²) in [5.74, 6) is 0.394. The molecule has 0 radical (unpaired) electrons. The summed E-state index contributed by atoms with van der Waals surface area (Å²) in [6.45, 7) is 2.17. The Labute approximate surface area is 125 Å². The van der Waals surface area contributed by atoms with Crippen LogP contribution in [0.4, 0.5) is 0 Å². The standard InChI is InChI=1S/C20H18O/c1-14-16-10-5-6-11-17(16)20(13-7-12-18(20)21)19(14)15-8-3-2-4-9-15/h2-6,8-11H,7,12-13H2,1H3/t20-/m0/s1. The van der Waals surface area contributed by atoms with Crippen molar-refractivity contribution in [2.45, 2.75) is 31.6 Å². The van der Waals surface area contributed by atoms with Gasteiger partial charge in [0.05, 0.1) is 5.41 Å². The van der Waals surface area contributed by atoms with E-state index in [0.29, 0.717) is 12.2 Å². The summed E-state index contributed by atoms with van der Waals surface area (Å²) < 4.78 is 0. The molecular weight excluding hydrogens is 256 g/mol. The van der Waals surface area contributed by atoms with Gasteiger partial charge in [-0.15, -0.1) is 0 Å². The van der Waals surface area contributed by atoms with E-state index in [4.69, 9.17) is 0 Å². The average Bonchev–Trinajstić information content (AvgIpc) is 3.02. The van der Waals surface area contributed by atoms with Crippen molar-refractivity contribution in [3.8, 4) is 0 Å². The second-order valence-corrected chi connectivity index (χ2v) is 6.09. The lowest BCUT2D eigenvalue weighted by atomic mass is 9.72. The Bertz CT molecular complexity index is 754. The number of fused-ring (bicyclic) bond motifs is 2. The van der Waals surface area contributed by atoms with Gasteiger partial charge in [-0.25, -0.2) is 0 Å². The summed E-state index contributed by atoms with van der Waals surface area (Å²) in [7, 11) is 0. The number of allylic oxidation sites excluding steroid dienone is 2. The lowest BCUT2D eigenvalue weighted by Gasteiger charge is -2.28. The second kappa shape index (κ2) is 4.42. The van der Waals surface area contributed by atoms with Crippen molar-refractivity contribution in [2.75, 3.05) is 0 Å². The Morgan fingerprint density at radius 3 is 2.38 bits per heavy atom. The Kier molecular flexibility index (Phi) is 2.65. The number of carbonyl (C=O) groups is 1. The number of Topliss-reactive ketones (excluding diaryl/α,β-unsaturated/α-hetero) is 1. The van der Waals surface area contributed by atoms with Gasteiger partial charge in [0, 0.05) is 6.42 Å². The lowest BCUT2D eigenvalue weighted by molar-refractivity contribution is -0.120. The molecule has 1 heteroatoms. The number of ketones is 1. The van der Waals surface area contributed by atoms with E-state index in [1.807, 2.05) is 6.07 Å². The topological polar surface area (TPSA) is 17.1 Å². The van der Waals surface area contributed by atoms with Crippen LogP contribution in [0.1, 0.15) is 42.9 Å². The quantitative estimate of drug-likeness (QED) is 0.741. The number of hydrogen-bond donors (Lipinski definition) is 0. The predicted molar refractivity (Wildman–Crippen MR) is 85.9 cm³/mol. The second-order valence-electron chi connectivity index (χ2n) is 6.09. The highest BCUT2D eigenvalue weighted by atomic mass is 16.1. The highest BCUT2D eigenvalue weighted by Crippen LogP contribution is 2.56. The summed E-state index contributed by atoms with van der Waals surface area (Å²) in [6, 6.07) is 18.9. The van der Waals surface area contributed by atoms with E-state index < -0.39 is 0 Å². The monoisotopic (exact) mass is 274 g/mol. The number of carbonyl (C=O) groups excluding carboxylic acids is 1. The summed E-state index contributed by atoms with van der Waals surface area (Å²) in [4.78, 5) is 12.9. The van der Waals surface area contributed by atoms with Crippen molar-refractivity contribution in [3.05, 3.63) is 71.3 Å². The van der Waals surface area contributed by atoms with Gasteiger partial charge in [-0.3, -0.25) is 4.79 Å². The molecular formula is C20H18O. The molecule has 104 valence electrons. The van der Waals surface area contributed by atoms with E-state index >= 15 is 0 Å². The van der Waals surface area contributed by atoms with Crippen LogP contribution in [-0.2, 0) is 10.2 Å². The van der Waals surface area contributed by atoms with Crippen molar-refractivity contribution in [3.63, 3.8) is 0 Å². The molecule has 2 aliphatic carbocycles. The van der Waals surface area contributed by atoms with Crippen molar-refractivity contribution in [1.29, 1.82) is 0 Å². The van der Waals surface area contributed by atoms with Crippen LogP contribution >= 0.6 is 0 Å². The van der Waals surface area contributed by atoms with E-state index in [9.17, 15) is 4.79 Å². The molecule has 21 heavy (non-hydrogen) atoms. The maximum atomic E-state index is 12.9. The molecule has 0 N–H and O–H groups in total.